The lowest BCUT2D eigenvalue weighted by molar-refractivity contribution is -0.117. The highest BCUT2D eigenvalue weighted by molar-refractivity contribution is 6.30. The molecule has 1 aliphatic rings. The molecule has 1 fully saturated rings. The van der Waals surface area contributed by atoms with Gasteiger partial charge in [-0.25, -0.2) is 0 Å². The van der Waals surface area contributed by atoms with Crippen LogP contribution in [0.2, 0.25) is 5.02 Å². The molecule has 1 saturated heterocycles. The second-order valence-electron chi connectivity index (χ2n) is 4.44. The molecule has 1 amide bonds. The Kier molecular flexibility index (Phi) is 4.79. The van der Waals surface area contributed by atoms with E-state index in [-0.39, 0.29) is 11.9 Å². The van der Waals surface area contributed by atoms with E-state index in [9.17, 15) is 4.79 Å². The second-order valence-corrected chi connectivity index (χ2v) is 4.87. The van der Waals surface area contributed by atoms with Crippen molar-refractivity contribution in [3.63, 3.8) is 0 Å². The maximum Gasteiger partial charge on any atom is 0.244 e. The number of hydrogen-bond acceptors (Lipinski definition) is 2. The fourth-order valence-corrected chi connectivity index (χ4v) is 2.10. The van der Waals surface area contributed by atoms with Gasteiger partial charge in [-0.15, -0.1) is 0 Å². The zero-order chi connectivity index (χ0) is 12.8. The van der Waals surface area contributed by atoms with E-state index in [1.807, 2.05) is 24.3 Å². The molecule has 0 unspecified atom stereocenters. The minimum atomic E-state index is -0.0429. The maximum absolute atomic E-state index is 11.7. The quantitative estimate of drug-likeness (QED) is 0.822. The first-order valence-corrected chi connectivity index (χ1v) is 6.57. The number of benzene rings is 1. The van der Waals surface area contributed by atoms with Crippen LogP contribution in [0.4, 0.5) is 0 Å². The largest absolute Gasteiger partial charge is 0.349 e. The number of nitrogens with one attached hydrogen (secondary N) is 2. The van der Waals surface area contributed by atoms with Crippen LogP contribution in [0.15, 0.2) is 30.3 Å². The Hall–Kier alpha value is -1.32. The normalized spacial score (nSPS) is 19.9. The molecule has 1 aromatic carbocycles. The van der Waals surface area contributed by atoms with Crippen LogP contribution in [-0.2, 0) is 4.79 Å². The highest BCUT2D eigenvalue weighted by atomic mass is 35.5. The summed E-state index contributed by atoms with van der Waals surface area (Å²) in [5.41, 5.74) is 0.969. The average Bonchev–Trinajstić information content (AvgIpc) is 2.39. The van der Waals surface area contributed by atoms with Crippen LogP contribution in [0.1, 0.15) is 18.4 Å². The van der Waals surface area contributed by atoms with Gasteiger partial charge in [-0.1, -0.05) is 23.7 Å². The van der Waals surface area contributed by atoms with Crippen molar-refractivity contribution in [3.05, 3.63) is 40.9 Å². The first kappa shape index (κ1) is 13.1. The lowest BCUT2D eigenvalue weighted by Crippen LogP contribution is -2.45. The van der Waals surface area contributed by atoms with Crippen LogP contribution < -0.4 is 10.6 Å². The predicted octanol–water partition coefficient (Wildman–Crippen LogP) is 2.22. The highest BCUT2D eigenvalue weighted by Gasteiger charge is 2.13. The molecule has 96 valence electrons. The zero-order valence-electron chi connectivity index (χ0n) is 10.2. The fourth-order valence-electron chi connectivity index (χ4n) is 1.97. The Bertz CT molecular complexity index is 422. The molecule has 0 radical (unpaired) electrons. The van der Waals surface area contributed by atoms with Crippen molar-refractivity contribution in [1.29, 1.82) is 0 Å². The molecule has 3 nitrogen and oxygen atoms in total. The van der Waals surface area contributed by atoms with Gasteiger partial charge in [-0.3, -0.25) is 4.79 Å². The number of hydrogen-bond donors (Lipinski definition) is 2. The summed E-state index contributed by atoms with van der Waals surface area (Å²) in [5, 5.41) is 6.95. The maximum atomic E-state index is 11.7. The minimum Gasteiger partial charge on any atom is -0.349 e. The molecule has 0 aliphatic carbocycles. The Morgan fingerprint density at radius 2 is 2.17 bits per heavy atom. The SMILES string of the molecule is O=C(/C=C/c1ccc(Cl)cc1)N[C@H]1CCCNC1. The van der Waals surface area contributed by atoms with Crippen molar-refractivity contribution in [1.82, 2.24) is 10.6 Å². The monoisotopic (exact) mass is 264 g/mol. The van der Waals surface area contributed by atoms with Gasteiger partial charge in [0.05, 0.1) is 0 Å². The molecule has 2 N–H and O–H groups in total. The summed E-state index contributed by atoms with van der Waals surface area (Å²) in [7, 11) is 0. The summed E-state index contributed by atoms with van der Waals surface area (Å²) < 4.78 is 0. The molecule has 4 heteroatoms. The van der Waals surface area contributed by atoms with Gasteiger partial charge in [-0.05, 0) is 43.2 Å². The molecule has 1 aliphatic heterocycles. The standard InChI is InChI=1S/C14H17ClN2O/c15-12-6-3-11(4-7-12)5-8-14(18)17-13-2-1-9-16-10-13/h3-8,13,16H,1-2,9-10H2,(H,17,18)/b8-5+/t13-/m0/s1. The first-order valence-electron chi connectivity index (χ1n) is 6.19. The number of amides is 1. The molecule has 1 heterocycles. The van der Waals surface area contributed by atoms with E-state index in [0.717, 1.165) is 31.5 Å². The molecule has 1 atom stereocenters. The van der Waals surface area contributed by atoms with Gasteiger partial charge in [0.1, 0.15) is 0 Å². The first-order chi connectivity index (χ1) is 8.74. The molecule has 18 heavy (non-hydrogen) atoms. The van der Waals surface area contributed by atoms with Crippen molar-refractivity contribution in [2.75, 3.05) is 13.1 Å². The molecule has 1 aromatic rings. The molecular formula is C14H17ClN2O. The van der Waals surface area contributed by atoms with E-state index in [0.29, 0.717) is 5.02 Å². The molecule has 2 rings (SSSR count). The fraction of sp³-hybridized carbons (Fsp3) is 0.357. The lowest BCUT2D eigenvalue weighted by atomic mass is 10.1. The van der Waals surface area contributed by atoms with Gasteiger partial charge in [-0.2, -0.15) is 0 Å². The third kappa shape index (κ3) is 4.17. The third-order valence-corrected chi connectivity index (χ3v) is 3.19. The summed E-state index contributed by atoms with van der Waals surface area (Å²) in [6, 6.07) is 7.64. The number of carbonyl (C=O) groups is 1. The van der Waals surface area contributed by atoms with E-state index < -0.39 is 0 Å². The zero-order valence-corrected chi connectivity index (χ0v) is 10.9. The summed E-state index contributed by atoms with van der Waals surface area (Å²) in [6.07, 6.45) is 5.53. The smallest absolute Gasteiger partial charge is 0.244 e. The van der Waals surface area contributed by atoms with E-state index in [1.54, 1.807) is 12.2 Å². The summed E-state index contributed by atoms with van der Waals surface area (Å²) in [5.74, 6) is -0.0429. The van der Waals surface area contributed by atoms with Gasteiger partial charge >= 0.3 is 0 Å². The minimum absolute atomic E-state index is 0.0429. The molecule has 0 spiro atoms. The highest BCUT2D eigenvalue weighted by Crippen LogP contribution is 2.10. The van der Waals surface area contributed by atoms with Gasteiger partial charge in [0, 0.05) is 23.7 Å². The second kappa shape index (κ2) is 6.57. The molecule has 0 saturated carbocycles. The summed E-state index contributed by atoms with van der Waals surface area (Å²) >= 11 is 5.79. The van der Waals surface area contributed by atoms with Crippen molar-refractivity contribution < 1.29 is 4.79 Å². The van der Waals surface area contributed by atoms with Crippen LogP contribution in [0.3, 0.4) is 0 Å². The van der Waals surface area contributed by atoms with Crippen molar-refractivity contribution >= 4 is 23.6 Å². The van der Waals surface area contributed by atoms with Crippen LogP contribution in [0, 0.1) is 0 Å². The Morgan fingerprint density at radius 1 is 1.39 bits per heavy atom. The lowest BCUT2D eigenvalue weighted by Gasteiger charge is -2.23. The predicted molar refractivity (Wildman–Crippen MR) is 74.5 cm³/mol. The van der Waals surface area contributed by atoms with Crippen LogP contribution in [0.25, 0.3) is 6.08 Å². The Balaban J connectivity index is 1.84. The molecular weight excluding hydrogens is 248 g/mol. The van der Waals surface area contributed by atoms with Gasteiger partial charge in [0.25, 0.3) is 0 Å². The number of rotatable bonds is 3. The van der Waals surface area contributed by atoms with Crippen molar-refractivity contribution in [3.8, 4) is 0 Å². The Morgan fingerprint density at radius 3 is 2.83 bits per heavy atom. The van der Waals surface area contributed by atoms with Gasteiger partial charge in [0.2, 0.25) is 5.91 Å². The van der Waals surface area contributed by atoms with Gasteiger partial charge in [0.15, 0.2) is 0 Å². The number of halogens is 1. The molecule has 0 bridgehead atoms. The van der Waals surface area contributed by atoms with E-state index >= 15 is 0 Å². The topological polar surface area (TPSA) is 41.1 Å². The number of carbonyl (C=O) groups excluding carboxylic acids is 1. The molecule has 0 aromatic heterocycles. The van der Waals surface area contributed by atoms with Crippen molar-refractivity contribution in [2.24, 2.45) is 0 Å². The van der Waals surface area contributed by atoms with Crippen molar-refractivity contribution in [2.45, 2.75) is 18.9 Å². The van der Waals surface area contributed by atoms with Crippen LogP contribution in [0.5, 0.6) is 0 Å². The van der Waals surface area contributed by atoms with E-state index in [2.05, 4.69) is 10.6 Å². The summed E-state index contributed by atoms with van der Waals surface area (Å²) in [4.78, 5) is 11.7. The van der Waals surface area contributed by atoms with Crippen LogP contribution in [-0.4, -0.2) is 25.0 Å². The van der Waals surface area contributed by atoms with Crippen LogP contribution >= 0.6 is 11.6 Å². The Labute approximate surface area is 112 Å². The van der Waals surface area contributed by atoms with Gasteiger partial charge < -0.3 is 10.6 Å². The van der Waals surface area contributed by atoms with E-state index in [4.69, 9.17) is 11.6 Å². The number of piperidine rings is 1. The summed E-state index contributed by atoms with van der Waals surface area (Å²) in [6.45, 7) is 1.91. The van der Waals surface area contributed by atoms with E-state index in [1.165, 1.54) is 0 Å². The average molecular weight is 265 g/mol. The third-order valence-electron chi connectivity index (χ3n) is 2.94.